The molecule has 2 fully saturated rings. The Labute approximate surface area is 194 Å². The van der Waals surface area contributed by atoms with E-state index in [1.807, 2.05) is 31.4 Å². The number of hydrogen-bond donors (Lipinski definition) is 4. The predicted molar refractivity (Wildman–Crippen MR) is 124 cm³/mol. The average Bonchev–Trinajstić information content (AvgIpc) is 3.29. The van der Waals surface area contributed by atoms with Crippen molar-refractivity contribution in [3.63, 3.8) is 0 Å². The molecule has 2 aliphatic carbocycles. The normalized spacial score (nSPS) is 34.4. The van der Waals surface area contributed by atoms with Crippen molar-refractivity contribution < 1.29 is 24.5 Å². The maximum atomic E-state index is 12.8. The van der Waals surface area contributed by atoms with E-state index in [0.29, 0.717) is 25.9 Å². The van der Waals surface area contributed by atoms with Crippen molar-refractivity contribution in [1.82, 2.24) is 10.6 Å². The van der Waals surface area contributed by atoms with Crippen LogP contribution in [0.15, 0.2) is 17.5 Å². The van der Waals surface area contributed by atoms with Gasteiger partial charge in [0.05, 0.1) is 19.3 Å². The third-order valence-electron chi connectivity index (χ3n) is 7.89. The van der Waals surface area contributed by atoms with Crippen LogP contribution in [0.2, 0.25) is 0 Å². The zero-order valence-corrected chi connectivity index (χ0v) is 20.2. The lowest BCUT2D eigenvalue weighted by Crippen LogP contribution is -2.61. The van der Waals surface area contributed by atoms with E-state index >= 15 is 0 Å². The first kappa shape index (κ1) is 25.0. The van der Waals surface area contributed by atoms with E-state index in [0.717, 1.165) is 24.1 Å². The van der Waals surface area contributed by atoms with Crippen LogP contribution < -0.4 is 10.6 Å². The second kappa shape index (κ2) is 10.5. The molecule has 2 saturated carbocycles. The van der Waals surface area contributed by atoms with E-state index in [9.17, 15) is 19.8 Å². The molecule has 2 amide bonds. The Balaban J connectivity index is 1.72. The predicted octanol–water partition coefficient (Wildman–Crippen LogP) is 3.45. The van der Waals surface area contributed by atoms with E-state index < -0.39 is 23.7 Å². The highest BCUT2D eigenvalue weighted by Crippen LogP contribution is 2.61. The monoisotopic (exact) mass is 466 g/mol. The van der Waals surface area contributed by atoms with Crippen molar-refractivity contribution in [2.45, 2.75) is 78.0 Å². The molecule has 8 heteroatoms. The fourth-order valence-corrected chi connectivity index (χ4v) is 6.69. The van der Waals surface area contributed by atoms with Gasteiger partial charge in [-0.25, -0.2) is 4.79 Å². The Bertz CT molecular complexity index is 772. The number of fused-ring (bicyclic) bond motifs is 1. The van der Waals surface area contributed by atoms with Gasteiger partial charge in [0.1, 0.15) is 6.10 Å². The molecule has 7 nitrogen and oxygen atoms in total. The summed E-state index contributed by atoms with van der Waals surface area (Å²) in [5.74, 6) is -0.228. The highest BCUT2D eigenvalue weighted by Gasteiger charge is 2.60. The van der Waals surface area contributed by atoms with E-state index in [-0.39, 0.29) is 36.2 Å². The molecule has 1 heterocycles. The molecule has 6 atom stereocenters. The van der Waals surface area contributed by atoms with Gasteiger partial charge in [-0.1, -0.05) is 26.8 Å². The Morgan fingerprint density at radius 1 is 1.25 bits per heavy atom. The van der Waals surface area contributed by atoms with Crippen LogP contribution in [0.4, 0.5) is 4.79 Å². The second-order valence-corrected chi connectivity index (χ2v) is 10.9. The molecule has 2 aliphatic rings. The minimum absolute atomic E-state index is 0.0382. The van der Waals surface area contributed by atoms with Gasteiger partial charge in [-0.15, -0.1) is 11.3 Å². The van der Waals surface area contributed by atoms with Crippen molar-refractivity contribution in [2.24, 2.45) is 22.7 Å². The highest BCUT2D eigenvalue weighted by molar-refractivity contribution is 7.09. The number of ether oxygens (including phenoxy) is 1. The number of alkyl carbamates (subject to hydrolysis) is 1. The molecule has 4 N–H and O–H groups in total. The maximum absolute atomic E-state index is 12.8. The molecule has 0 bridgehead atoms. The Hall–Kier alpha value is -1.64. The molecule has 180 valence electrons. The number of nitrogens with one attached hydrogen (secondary N) is 2. The number of rotatable bonds is 8. The van der Waals surface area contributed by atoms with Gasteiger partial charge in [0, 0.05) is 23.3 Å². The molecule has 0 saturated heterocycles. The summed E-state index contributed by atoms with van der Waals surface area (Å²) in [7, 11) is 0. The summed E-state index contributed by atoms with van der Waals surface area (Å²) in [6.07, 6.45) is 2.33. The summed E-state index contributed by atoms with van der Waals surface area (Å²) in [5.41, 5.74) is -0.947. The van der Waals surface area contributed by atoms with Gasteiger partial charge in [0.15, 0.2) is 0 Å². The maximum Gasteiger partial charge on any atom is 0.407 e. The first-order chi connectivity index (χ1) is 15.2. The van der Waals surface area contributed by atoms with Crippen LogP contribution in [0, 0.1) is 22.7 Å². The zero-order valence-electron chi connectivity index (χ0n) is 19.4. The standard InChI is InChI=1S/C24H38N2O5S/c1-4-11-25-22(30)31-20-9-10-23(2)17(13-21(29)26-14-16-6-5-12-32-16)18(28)7-8-19(23)24(20,3)15-27/h5-6,12,17-20,27-28H,4,7-11,13-15H2,1-3H3,(H,25,30)(H,26,29)/t17-,18-,19+,20+,23-,24+/m1/s1. The van der Waals surface area contributed by atoms with Crippen molar-refractivity contribution in [1.29, 1.82) is 0 Å². The van der Waals surface area contributed by atoms with Crippen molar-refractivity contribution in [3.05, 3.63) is 22.4 Å². The van der Waals surface area contributed by atoms with Crippen LogP contribution in [-0.2, 0) is 16.1 Å². The first-order valence-corrected chi connectivity index (χ1v) is 12.6. The van der Waals surface area contributed by atoms with Crippen LogP contribution in [0.1, 0.15) is 64.2 Å². The number of thiophene rings is 1. The molecular formula is C24H38N2O5S. The van der Waals surface area contributed by atoms with Gasteiger partial charge < -0.3 is 25.6 Å². The summed E-state index contributed by atoms with van der Waals surface area (Å²) in [4.78, 5) is 26.1. The van der Waals surface area contributed by atoms with Crippen LogP contribution in [0.3, 0.4) is 0 Å². The molecule has 1 aromatic rings. The largest absolute Gasteiger partial charge is 0.446 e. The highest BCUT2D eigenvalue weighted by atomic mass is 32.1. The van der Waals surface area contributed by atoms with Gasteiger partial charge in [-0.2, -0.15) is 0 Å². The van der Waals surface area contributed by atoms with Gasteiger partial charge in [-0.05, 0) is 60.8 Å². The molecule has 0 aliphatic heterocycles. The van der Waals surface area contributed by atoms with Crippen molar-refractivity contribution >= 4 is 23.3 Å². The summed E-state index contributed by atoms with van der Waals surface area (Å²) in [6.45, 7) is 7.05. The molecule has 0 aromatic carbocycles. The zero-order chi connectivity index (χ0) is 23.4. The Morgan fingerprint density at radius 3 is 2.69 bits per heavy atom. The molecular weight excluding hydrogens is 428 g/mol. The molecule has 1 aromatic heterocycles. The molecule has 0 spiro atoms. The van der Waals surface area contributed by atoms with Crippen LogP contribution in [0.5, 0.6) is 0 Å². The topological polar surface area (TPSA) is 108 Å². The lowest BCUT2D eigenvalue weighted by Gasteiger charge is -2.60. The number of aliphatic hydroxyl groups excluding tert-OH is 2. The number of carbonyl (C=O) groups is 2. The first-order valence-electron chi connectivity index (χ1n) is 11.8. The third kappa shape index (κ3) is 5.13. The fraction of sp³-hybridized carbons (Fsp3) is 0.750. The number of carbonyl (C=O) groups excluding carboxylic acids is 2. The smallest absolute Gasteiger partial charge is 0.407 e. The Morgan fingerprint density at radius 2 is 2.03 bits per heavy atom. The lowest BCUT2D eigenvalue weighted by atomic mass is 9.46. The van der Waals surface area contributed by atoms with E-state index in [4.69, 9.17) is 4.74 Å². The molecule has 0 unspecified atom stereocenters. The fourth-order valence-electron chi connectivity index (χ4n) is 6.05. The number of hydrogen-bond acceptors (Lipinski definition) is 6. The minimum Gasteiger partial charge on any atom is -0.446 e. The SMILES string of the molecule is CCCNC(=O)O[C@H]1CC[C@@]2(C)[C@H](CC[C@@H](O)[C@H]2CC(=O)NCc2cccs2)[C@]1(C)CO. The van der Waals surface area contributed by atoms with E-state index in [1.165, 1.54) is 0 Å². The molecule has 0 radical (unpaired) electrons. The number of aliphatic hydroxyl groups is 2. The van der Waals surface area contributed by atoms with Crippen LogP contribution >= 0.6 is 11.3 Å². The quantitative estimate of drug-likeness (QED) is 0.469. The molecule has 32 heavy (non-hydrogen) atoms. The van der Waals surface area contributed by atoms with Gasteiger partial charge in [-0.3, -0.25) is 4.79 Å². The van der Waals surface area contributed by atoms with Gasteiger partial charge in [0.25, 0.3) is 0 Å². The Kier molecular flexibility index (Phi) is 8.22. The molecule has 3 rings (SSSR count). The van der Waals surface area contributed by atoms with Gasteiger partial charge >= 0.3 is 6.09 Å². The summed E-state index contributed by atoms with van der Waals surface area (Å²) in [6, 6.07) is 3.95. The average molecular weight is 467 g/mol. The summed E-state index contributed by atoms with van der Waals surface area (Å²) in [5, 5.41) is 29.1. The van der Waals surface area contributed by atoms with Gasteiger partial charge in [0.2, 0.25) is 5.91 Å². The minimum atomic E-state index is -0.623. The van der Waals surface area contributed by atoms with Crippen LogP contribution in [-0.4, -0.2) is 47.6 Å². The van der Waals surface area contributed by atoms with Crippen LogP contribution in [0.25, 0.3) is 0 Å². The summed E-state index contributed by atoms with van der Waals surface area (Å²) < 4.78 is 5.77. The van der Waals surface area contributed by atoms with E-state index in [2.05, 4.69) is 17.6 Å². The van der Waals surface area contributed by atoms with E-state index in [1.54, 1.807) is 11.3 Å². The lowest BCUT2D eigenvalue weighted by molar-refractivity contribution is -0.186. The van der Waals surface area contributed by atoms with Crippen molar-refractivity contribution in [3.8, 4) is 0 Å². The number of amides is 2. The summed E-state index contributed by atoms with van der Waals surface area (Å²) >= 11 is 1.60. The second-order valence-electron chi connectivity index (χ2n) is 9.89. The van der Waals surface area contributed by atoms with Crippen molar-refractivity contribution in [2.75, 3.05) is 13.2 Å². The third-order valence-corrected chi connectivity index (χ3v) is 8.77.